The first-order chi connectivity index (χ1) is 12.4. The Morgan fingerprint density at radius 3 is 2.41 bits per heavy atom. The molecule has 1 aromatic carbocycles. The first-order valence-electron chi connectivity index (χ1n) is 7.30. The molecule has 0 radical (unpaired) electrons. The Labute approximate surface area is 153 Å². The molecule has 0 unspecified atom stereocenters. The summed E-state index contributed by atoms with van der Waals surface area (Å²) in [7, 11) is 3.95. The lowest BCUT2D eigenvalue weighted by Crippen LogP contribution is -2.41. The first kappa shape index (κ1) is 19.0. The third-order valence-corrected chi connectivity index (χ3v) is 4.03. The molecule has 3 rings (SSSR count). The molecule has 27 heavy (non-hydrogen) atoms. The van der Waals surface area contributed by atoms with Crippen molar-refractivity contribution in [1.82, 2.24) is 14.1 Å². The summed E-state index contributed by atoms with van der Waals surface area (Å²) in [5.74, 6) is -1.12. The van der Waals surface area contributed by atoms with E-state index in [1.807, 2.05) is 0 Å². The van der Waals surface area contributed by atoms with Crippen molar-refractivity contribution in [3.05, 3.63) is 49.5 Å². The molecule has 12 heteroatoms. The topological polar surface area (TPSA) is 73.3 Å². The van der Waals surface area contributed by atoms with Crippen LogP contribution in [0.3, 0.4) is 0 Å². The zero-order chi connectivity index (χ0) is 20.3. The summed E-state index contributed by atoms with van der Waals surface area (Å²) >= 11 is 5.92. The molecule has 0 aliphatic carbocycles. The first-order valence-corrected chi connectivity index (χ1v) is 7.67. The summed E-state index contributed by atoms with van der Waals surface area (Å²) < 4.78 is 59.4. The third kappa shape index (κ3) is 2.97. The highest BCUT2D eigenvalue weighted by molar-refractivity contribution is 6.35. The molecular formula is C15H11ClF4N4O3. The van der Waals surface area contributed by atoms with E-state index < -0.39 is 34.6 Å². The number of aromatic nitrogens is 3. The summed E-state index contributed by atoms with van der Waals surface area (Å²) in [5, 5.41) is -0.177. The van der Waals surface area contributed by atoms with Crippen LogP contribution in [0.2, 0.25) is 5.02 Å². The number of halogens is 5. The molecule has 0 bridgehead atoms. The molecule has 0 N–H and O–H groups in total. The minimum absolute atomic E-state index is 0.00413. The van der Waals surface area contributed by atoms with Crippen LogP contribution in [0.25, 0.3) is 16.8 Å². The van der Waals surface area contributed by atoms with E-state index in [4.69, 9.17) is 16.0 Å². The average molecular weight is 407 g/mol. The van der Waals surface area contributed by atoms with E-state index in [-0.39, 0.29) is 37.3 Å². The summed E-state index contributed by atoms with van der Waals surface area (Å²) in [5.41, 5.74) is -5.28. The van der Waals surface area contributed by atoms with E-state index >= 15 is 0 Å². The average Bonchev–Trinajstić information content (AvgIpc) is 2.98. The minimum Gasteiger partial charge on any atom is -0.422 e. The van der Waals surface area contributed by atoms with Gasteiger partial charge in [0.15, 0.2) is 11.4 Å². The molecular weight excluding hydrogens is 396 g/mol. The molecule has 2 heterocycles. The molecule has 3 aromatic rings. The van der Waals surface area contributed by atoms with Gasteiger partial charge in [-0.1, -0.05) is 11.6 Å². The van der Waals surface area contributed by atoms with Crippen LogP contribution in [-0.4, -0.2) is 28.2 Å². The molecule has 0 atom stereocenters. The molecule has 144 valence electrons. The van der Waals surface area contributed by atoms with Crippen molar-refractivity contribution in [3.8, 4) is 5.69 Å². The predicted octanol–water partition coefficient (Wildman–Crippen LogP) is 2.55. The maximum Gasteiger partial charge on any atom is 0.431 e. The van der Waals surface area contributed by atoms with Crippen molar-refractivity contribution in [2.24, 2.45) is 7.05 Å². The van der Waals surface area contributed by atoms with Gasteiger partial charge in [0.1, 0.15) is 16.9 Å². The van der Waals surface area contributed by atoms with Crippen LogP contribution < -0.4 is 16.1 Å². The molecule has 0 saturated carbocycles. The number of benzene rings is 1. The van der Waals surface area contributed by atoms with Gasteiger partial charge in [0, 0.05) is 27.2 Å². The fraction of sp³-hybridized carbons (Fsp3) is 0.267. The van der Waals surface area contributed by atoms with Gasteiger partial charge in [0.25, 0.3) is 11.6 Å². The molecule has 0 spiro atoms. The quantitative estimate of drug-likeness (QED) is 0.612. The second-order valence-electron chi connectivity index (χ2n) is 5.80. The lowest BCUT2D eigenvalue weighted by atomic mass is 10.2. The highest BCUT2D eigenvalue weighted by atomic mass is 35.5. The SMILES string of the molecule is CN(C)c1nc2c(-n3c(=O)cc(C(F)(F)F)n(C)c3=O)c(F)cc(Cl)c2o1. The van der Waals surface area contributed by atoms with Crippen LogP contribution in [0.5, 0.6) is 0 Å². The largest absolute Gasteiger partial charge is 0.431 e. The molecule has 0 aliphatic rings. The van der Waals surface area contributed by atoms with E-state index in [2.05, 4.69) is 4.98 Å². The molecule has 0 fully saturated rings. The summed E-state index contributed by atoms with van der Waals surface area (Å²) in [6, 6.07) is 0.984. The van der Waals surface area contributed by atoms with E-state index in [0.717, 1.165) is 13.1 Å². The highest BCUT2D eigenvalue weighted by Gasteiger charge is 2.35. The summed E-state index contributed by atoms with van der Waals surface area (Å²) in [6.45, 7) is 0. The van der Waals surface area contributed by atoms with E-state index in [1.165, 1.54) is 4.90 Å². The van der Waals surface area contributed by atoms with Gasteiger partial charge in [-0.25, -0.2) is 13.8 Å². The standard InChI is InChI=1S/C15H11ClF4N4O3/c1-22(2)13-21-10-11(7(17)4-6(16)12(10)27-13)24-9(25)5-8(15(18,19)20)23(3)14(24)26/h4-5H,1-3H3. The van der Waals surface area contributed by atoms with Gasteiger partial charge < -0.3 is 9.32 Å². The van der Waals surface area contributed by atoms with Crippen LogP contribution >= 0.6 is 11.6 Å². The normalized spacial score (nSPS) is 12.0. The van der Waals surface area contributed by atoms with Gasteiger partial charge in [-0.05, 0) is 6.07 Å². The lowest BCUT2D eigenvalue weighted by molar-refractivity contribution is -0.144. The maximum absolute atomic E-state index is 14.6. The van der Waals surface area contributed by atoms with Gasteiger partial charge in [0.05, 0.1) is 5.02 Å². The van der Waals surface area contributed by atoms with Gasteiger partial charge in [-0.3, -0.25) is 9.36 Å². The number of hydrogen-bond donors (Lipinski definition) is 0. The van der Waals surface area contributed by atoms with E-state index in [1.54, 1.807) is 14.1 Å². The fourth-order valence-corrected chi connectivity index (χ4v) is 2.72. The third-order valence-electron chi connectivity index (χ3n) is 3.75. The molecule has 0 saturated heterocycles. The van der Waals surface area contributed by atoms with Crippen molar-refractivity contribution < 1.29 is 22.0 Å². The van der Waals surface area contributed by atoms with Gasteiger partial charge >= 0.3 is 11.9 Å². The highest BCUT2D eigenvalue weighted by Crippen LogP contribution is 2.33. The Morgan fingerprint density at radius 1 is 1.22 bits per heavy atom. The van der Waals surface area contributed by atoms with Crippen LogP contribution in [0.15, 0.2) is 26.1 Å². The number of anilines is 1. The minimum atomic E-state index is -4.94. The monoisotopic (exact) mass is 406 g/mol. The van der Waals surface area contributed by atoms with Crippen LogP contribution in [0.4, 0.5) is 23.6 Å². The van der Waals surface area contributed by atoms with Crippen LogP contribution in [-0.2, 0) is 13.2 Å². The van der Waals surface area contributed by atoms with Crippen molar-refractivity contribution in [3.63, 3.8) is 0 Å². The molecule has 7 nitrogen and oxygen atoms in total. The van der Waals surface area contributed by atoms with Crippen LogP contribution in [0, 0.1) is 5.82 Å². The van der Waals surface area contributed by atoms with Crippen molar-refractivity contribution in [2.75, 3.05) is 19.0 Å². The maximum atomic E-state index is 14.6. The predicted molar refractivity (Wildman–Crippen MR) is 89.1 cm³/mol. The molecule has 0 amide bonds. The second-order valence-corrected chi connectivity index (χ2v) is 6.21. The smallest absolute Gasteiger partial charge is 0.422 e. The summed E-state index contributed by atoms with van der Waals surface area (Å²) in [6.07, 6.45) is -4.94. The Hall–Kier alpha value is -2.82. The number of alkyl halides is 3. The lowest BCUT2D eigenvalue weighted by Gasteiger charge is -2.14. The number of fused-ring (bicyclic) bond motifs is 1. The Morgan fingerprint density at radius 2 is 1.85 bits per heavy atom. The van der Waals surface area contributed by atoms with Gasteiger partial charge in [-0.2, -0.15) is 18.2 Å². The molecule has 2 aromatic heterocycles. The number of hydrogen-bond acceptors (Lipinski definition) is 5. The fourth-order valence-electron chi connectivity index (χ4n) is 2.50. The molecule has 0 aliphatic heterocycles. The van der Waals surface area contributed by atoms with Crippen molar-refractivity contribution >= 4 is 28.7 Å². The van der Waals surface area contributed by atoms with Crippen molar-refractivity contribution in [1.29, 1.82) is 0 Å². The van der Waals surface area contributed by atoms with E-state index in [0.29, 0.717) is 0 Å². The number of nitrogens with zero attached hydrogens (tertiary/aromatic N) is 4. The van der Waals surface area contributed by atoms with E-state index in [9.17, 15) is 27.2 Å². The Kier molecular flexibility index (Phi) is 4.29. The zero-order valence-electron chi connectivity index (χ0n) is 14.1. The zero-order valence-corrected chi connectivity index (χ0v) is 14.8. The Balaban J connectivity index is 2.45. The van der Waals surface area contributed by atoms with Gasteiger partial charge in [0.2, 0.25) is 0 Å². The second kappa shape index (κ2) is 6.12. The van der Waals surface area contributed by atoms with Crippen molar-refractivity contribution in [2.45, 2.75) is 6.18 Å². The van der Waals surface area contributed by atoms with Crippen LogP contribution in [0.1, 0.15) is 5.69 Å². The number of rotatable bonds is 2. The summed E-state index contributed by atoms with van der Waals surface area (Å²) in [4.78, 5) is 30.1. The Bertz CT molecular complexity index is 1180. The number of oxazole rings is 1. The van der Waals surface area contributed by atoms with Gasteiger partial charge in [-0.15, -0.1) is 0 Å².